The molecule has 142 valence electrons. The van der Waals surface area contributed by atoms with E-state index in [1.807, 2.05) is 36.1 Å². The van der Waals surface area contributed by atoms with Crippen LogP contribution in [0.15, 0.2) is 42.6 Å². The van der Waals surface area contributed by atoms with Crippen molar-refractivity contribution >= 4 is 17.5 Å². The summed E-state index contributed by atoms with van der Waals surface area (Å²) in [4.78, 5) is 33.7. The Hall–Kier alpha value is -2.73. The summed E-state index contributed by atoms with van der Waals surface area (Å²) in [5, 5.41) is 2.90. The minimum atomic E-state index is -0.304. The molecule has 0 bridgehead atoms. The van der Waals surface area contributed by atoms with Gasteiger partial charge in [0.1, 0.15) is 5.69 Å². The monoisotopic (exact) mass is 366 g/mol. The molecule has 2 amide bonds. The molecule has 1 fully saturated rings. The molecule has 0 saturated carbocycles. The fourth-order valence-electron chi connectivity index (χ4n) is 3.27. The van der Waals surface area contributed by atoms with E-state index in [2.05, 4.69) is 22.1 Å². The van der Waals surface area contributed by atoms with Gasteiger partial charge in [-0.05, 0) is 36.7 Å². The maximum Gasteiger partial charge on any atom is 0.274 e. The Morgan fingerprint density at radius 3 is 2.52 bits per heavy atom. The van der Waals surface area contributed by atoms with Gasteiger partial charge in [-0.1, -0.05) is 32.0 Å². The van der Waals surface area contributed by atoms with Gasteiger partial charge < -0.3 is 15.1 Å². The Balaban J connectivity index is 1.71. The molecule has 1 N–H and O–H groups in total. The number of anilines is 1. The van der Waals surface area contributed by atoms with Gasteiger partial charge >= 0.3 is 0 Å². The molecule has 2 aromatic rings. The predicted molar refractivity (Wildman–Crippen MR) is 106 cm³/mol. The molecule has 1 aliphatic rings. The number of piperazine rings is 1. The van der Waals surface area contributed by atoms with E-state index in [0.717, 1.165) is 37.3 Å². The third kappa shape index (κ3) is 4.52. The predicted octanol–water partition coefficient (Wildman–Crippen LogP) is 2.67. The topological polar surface area (TPSA) is 65.5 Å². The third-order valence-electron chi connectivity index (χ3n) is 4.99. The summed E-state index contributed by atoms with van der Waals surface area (Å²) in [5.41, 5.74) is 2.59. The Bertz CT molecular complexity index is 813. The smallest absolute Gasteiger partial charge is 0.274 e. The molecule has 27 heavy (non-hydrogen) atoms. The van der Waals surface area contributed by atoms with E-state index in [1.54, 1.807) is 12.1 Å². The summed E-state index contributed by atoms with van der Waals surface area (Å²) in [7, 11) is 0. The number of aromatic nitrogens is 1. The first kappa shape index (κ1) is 19.0. The Labute approximate surface area is 160 Å². The summed E-state index contributed by atoms with van der Waals surface area (Å²) < 4.78 is 0. The summed E-state index contributed by atoms with van der Waals surface area (Å²) in [5.74, 6) is -0.350. The second-order valence-electron chi connectivity index (χ2n) is 6.62. The van der Waals surface area contributed by atoms with E-state index < -0.39 is 0 Å². The van der Waals surface area contributed by atoms with Crippen LogP contribution in [-0.2, 0) is 6.42 Å². The number of likely N-dealkylation sites (N-methyl/N-ethyl adjacent to an activating group) is 1. The average Bonchev–Trinajstić information content (AvgIpc) is 2.73. The van der Waals surface area contributed by atoms with Crippen LogP contribution in [0.5, 0.6) is 0 Å². The highest BCUT2D eigenvalue weighted by molar-refractivity contribution is 6.05. The number of para-hydroxylation sites is 1. The van der Waals surface area contributed by atoms with Crippen LogP contribution in [0.4, 0.5) is 5.69 Å². The highest BCUT2D eigenvalue weighted by Gasteiger charge is 2.22. The highest BCUT2D eigenvalue weighted by Crippen LogP contribution is 2.17. The number of nitrogens with one attached hydrogen (secondary N) is 1. The second kappa shape index (κ2) is 8.77. The number of hydrogen-bond donors (Lipinski definition) is 1. The van der Waals surface area contributed by atoms with Crippen LogP contribution in [0, 0.1) is 0 Å². The van der Waals surface area contributed by atoms with Crippen molar-refractivity contribution in [2.45, 2.75) is 20.3 Å². The summed E-state index contributed by atoms with van der Waals surface area (Å²) in [6, 6.07) is 10.9. The van der Waals surface area contributed by atoms with Crippen molar-refractivity contribution < 1.29 is 9.59 Å². The maximum absolute atomic E-state index is 12.8. The highest BCUT2D eigenvalue weighted by atomic mass is 16.2. The van der Waals surface area contributed by atoms with Gasteiger partial charge in [0, 0.05) is 43.6 Å². The van der Waals surface area contributed by atoms with E-state index in [9.17, 15) is 9.59 Å². The zero-order valence-electron chi connectivity index (χ0n) is 15.9. The van der Waals surface area contributed by atoms with Gasteiger partial charge in [0.05, 0.1) is 0 Å². The molecule has 6 nitrogen and oxygen atoms in total. The van der Waals surface area contributed by atoms with Crippen LogP contribution in [0.1, 0.15) is 40.3 Å². The van der Waals surface area contributed by atoms with Crippen LogP contribution in [0.3, 0.4) is 0 Å². The standard InChI is InChI=1S/C21H26N4O2/c1-3-16-7-5-6-8-18(16)23-20(26)19-15-17(9-10-22-19)21(27)25-13-11-24(4-2)12-14-25/h5-10,15H,3-4,11-14H2,1-2H3,(H,23,26). The van der Waals surface area contributed by atoms with E-state index in [1.165, 1.54) is 6.20 Å². The zero-order chi connectivity index (χ0) is 19.2. The number of carbonyl (C=O) groups excluding carboxylic acids is 2. The van der Waals surface area contributed by atoms with Crippen LogP contribution in [0.25, 0.3) is 0 Å². The van der Waals surface area contributed by atoms with Crippen LogP contribution in [-0.4, -0.2) is 59.3 Å². The van der Waals surface area contributed by atoms with Gasteiger partial charge in [-0.15, -0.1) is 0 Å². The minimum absolute atomic E-state index is 0.0452. The number of nitrogens with zero attached hydrogens (tertiary/aromatic N) is 3. The Kier molecular flexibility index (Phi) is 6.19. The first-order chi connectivity index (χ1) is 13.1. The third-order valence-corrected chi connectivity index (χ3v) is 4.99. The van der Waals surface area contributed by atoms with E-state index in [-0.39, 0.29) is 17.5 Å². The molecule has 1 aliphatic heterocycles. The second-order valence-corrected chi connectivity index (χ2v) is 6.62. The van der Waals surface area contributed by atoms with Crippen molar-refractivity contribution in [1.82, 2.24) is 14.8 Å². The SMILES string of the molecule is CCc1ccccc1NC(=O)c1cc(C(=O)N2CCN(CC)CC2)ccn1. The minimum Gasteiger partial charge on any atom is -0.336 e. The quantitative estimate of drug-likeness (QED) is 0.884. The van der Waals surface area contributed by atoms with Crippen molar-refractivity contribution in [3.8, 4) is 0 Å². The van der Waals surface area contributed by atoms with Gasteiger partial charge in [-0.2, -0.15) is 0 Å². The van der Waals surface area contributed by atoms with Crippen molar-refractivity contribution in [2.24, 2.45) is 0 Å². The first-order valence-electron chi connectivity index (χ1n) is 9.49. The average molecular weight is 366 g/mol. The van der Waals surface area contributed by atoms with Crippen LogP contribution >= 0.6 is 0 Å². The lowest BCUT2D eigenvalue weighted by molar-refractivity contribution is 0.0643. The number of hydrogen-bond acceptors (Lipinski definition) is 4. The molecular formula is C21H26N4O2. The van der Waals surface area contributed by atoms with Gasteiger partial charge in [0.2, 0.25) is 0 Å². The molecule has 3 rings (SSSR count). The number of carbonyl (C=O) groups is 2. The molecule has 1 saturated heterocycles. The molecule has 0 aliphatic carbocycles. The van der Waals surface area contributed by atoms with Gasteiger partial charge in [0.25, 0.3) is 11.8 Å². The van der Waals surface area contributed by atoms with Crippen LogP contribution < -0.4 is 5.32 Å². The molecule has 2 heterocycles. The molecule has 0 unspecified atom stereocenters. The number of rotatable bonds is 5. The largest absolute Gasteiger partial charge is 0.336 e. The Morgan fingerprint density at radius 2 is 1.81 bits per heavy atom. The number of amides is 2. The van der Waals surface area contributed by atoms with E-state index in [4.69, 9.17) is 0 Å². The van der Waals surface area contributed by atoms with Gasteiger partial charge in [-0.3, -0.25) is 14.6 Å². The van der Waals surface area contributed by atoms with Gasteiger partial charge in [0.15, 0.2) is 0 Å². The molecule has 1 aromatic carbocycles. The molecule has 0 atom stereocenters. The normalized spacial score (nSPS) is 14.8. The molecule has 6 heteroatoms. The van der Waals surface area contributed by atoms with Gasteiger partial charge in [-0.25, -0.2) is 0 Å². The summed E-state index contributed by atoms with van der Waals surface area (Å²) >= 11 is 0. The molecular weight excluding hydrogens is 340 g/mol. The van der Waals surface area contributed by atoms with E-state index in [0.29, 0.717) is 18.7 Å². The van der Waals surface area contributed by atoms with E-state index >= 15 is 0 Å². The van der Waals surface area contributed by atoms with Crippen molar-refractivity contribution in [3.63, 3.8) is 0 Å². The van der Waals surface area contributed by atoms with Crippen molar-refractivity contribution in [1.29, 1.82) is 0 Å². The lowest BCUT2D eigenvalue weighted by atomic mass is 10.1. The lowest BCUT2D eigenvalue weighted by Gasteiger charge is -2.34. The number of aryl methyl sites for hydroxylation is 1. The molecule has 1 aromatic heterocycles. The summed E-state index contributed by atoms with van der Waals surface area (Å²) in [6.07, 6.45) is 2.35. The maximum atomic E-state index is 12.8. The summed E-state index contributed by atoms with van der Waals surface area (Å²) in [6.45, 7) is 8.35. The first-order valence-corrected chi connectivity index (χ1v) is 9.49. The fourth-order valence-corrected chi connectivity index (χ4v) is 3.27. The number of pyridine rings is 1. The lowest BCUT2D eigenvalue weighted by Crippen LogP contribution is -2.48. The fraction of sp³-hybridized carbons (Fsp3) is 0.381. The zero-order valence-corrected chi connectivity index (χ0v) is 15.9. The number of benzene rings is 1. The molecule has 0 radical (unpaired) electrons. The van der Waals surface area contributed by atoms with Crippen molar-refractivity contribution in [2.75, 3.05) is 38.0 Å². The van der Waals surface area contributed by atoms with Crippen LogP contribution in [0.2, 0.25) is 0 Å². The van der Waals surface area contributed by atoms with Crippen molar-refractivity contribution in [3.05, 3.63) is 59.4 Å². The molecule has 0 spiro atoms. The Morgan fingerprint density at radius 1 is 1.07 bits per heavy atom.